The molecule has 86 valence electrons. The van der Waals surface area contributed by atoms with Gasteiger partial charge >= 0.3 is 0 Å². The molecule has 0 aromatic heterocycles. The van der Waals surface area contributed by atoms with Crippen molar-refractivity contribution >= 4 is 0 Å². The molecule has 0 bridgehead atoms. The van der Waals surface area contributed by atoms with Gasteiger partial charge in [-0.25, -0.2) is 0 Å². The summed E-state index contributed by atoms with van der Waals surface area (Å²) in [6, 6.07) is 0. The molecule has 2 nitrogen and oxygen atoms in total. The first-order chi connectivity index (χ1) is 7.19. The maximum Gasteiger partial charge on any atom is 0.0932 e. The predicted octanol–water partition coefficient (Wildman–Crippen LogP) is 3.19. The fraction of sp³-hybridized carbons (Fsp3) is 0.692. The Bertz CT molecular complexity index is 249. The molecule has 0 aromatic carbocycles. The Kier molecular flexibility index (Phi) is 4.89. The SMILES string of the molecule is CCC(CC)CC1=CC(CO)CC(O)=C1. The predicted molar refractivity (Wildman–Crippen MR) is 62.7 cm³/mol. The highest BCUT2D eigenvalue weighted by Gasteiger charge is 2.15. The number of allylic oxidation sites excluding steroid dienone is 3. The van der Waals surface area contributed by atoms with Gasteiger partial charge in [0, 0.05) is 18.9 Å². The van der Waals surface area contributed by atoms with E-state index in [1.807, 2.05) is 6.08 Å². The molecule has 1 aliphatic carbocycles. The van der Waals surface area contributed by atoms with Gasteiger partial charge in [0.1, 0.15) is 0 Å². The average molecular weight is 210 g/mol. The zero-order valence-corrected chi connectivity index (χ0v) is 9.74. The van der Waals surface area contributed by atoms with Gasteiger partial charge in [0.05, 0.1) is 5.76 Å². The third-order valence-corrected chi connectivity index (χ3v) is 3.19. The van der Waals surface area contributed by atoms with E-state index in [2.05, 4.69) is 19.9 Å². The lowest BCUT2D eigenvalue weighted by atomic mass is 9.88. The van der Waals surface area contributed by atoms with Crippen LogP contribution in [0.5, 0.6) is 0 Å². The zero-order valence-electron chi connectivity index (χ0n) is 9.74. The summed E-state index contributed by atoms with van der Waals surface area (Å²) in [5.41, 5.74) is 1.19. The normalized spacial score (nSPS) is 21.5. The highest BCUT2D eigenvalue weighted by atomic mass is 16.3. The highest BCUT2D eigenvalue weighted by molar-refractivity contribution is 5.26. The summed E-state index contributed by atoms with van der Waals surface area (Å²) in [5.74, 6) is 1.22. The first-order valence-electron chi connectivity index (χ1n) is 5.90. The van der Waals surface area contributed by atoms with Crippen molar-refractivity contribution in [3.05, 3.63) is 23.5 Å². The Hall–Kier alpha value is -0.760. The summed E-state index contributed by atoms with van der Waals surface area (Å²) in [6.45, 7) is 4.53. The lowest BCUT2D eigenvalue weighted by molar-refractivity contribution is 0.234. The molecule has 0 saturated carbocycles. The number of hydrogen-bond acceptors (Lipinski definition) is 2. The van der Waals surface area contributed by atoms with E-state index in [0.717, 1.165) is 6.42 Å². The van der Waals surface area contributed by atoms with E-state index < -0.39 is 0 Å². The number of aliphatic hydroxyl groups is 2. The van der Waals surface area contributed by atoms with Crippen molar-refractivity contribution in [2.24, 2.45) is 11.8 Å². The van der Waals surface area contributed by atoms with Crippen LogP contribution in [0.2, 0.25) is 0 Å². The van der Waals surface area contributed by atoms with Crippen LogP contribution in [0.4, 0.5) is 0 Å². The second kappa shape index (κ2) is 5.96. The Morgan fingerprint density at radius 2 is 2.07 bits per heavy atom. The van der Waals surface area contributed by atoms with Crippen LogP contribution < -0.4 is 0 Å². The third-order valence-electron chi connectivity index (χ3n) is 3.19. The Labute approximate surface area is 92.3 Å². The maximum atomic E-state index is 9.55. The van der Waals surface area contributed by atoms with Crippen LogP contribution >= 0.6 is 0 Å². The molecule has 0 radical (unpaired) electrons. The fourth-order valence-electron chi connectivity index (χ4n) is 2.11. The Morgan fingerprint density at radius 1 is 1.40 bits per heavy atom. The molecule has 0 saturated heterocycles. The summed E-state index contributed by atoms with van der Waals surface area (Å²) < 4.78 is 0. The van der Waals surface area contributed by atoms with Gasteiger partial charge in [0.2, 0.25) is 0 Å². The maximum absolute atomic E-state index is 9.55. The van der Waals surface area contributed by atoms with Crippen LogP contribution in [-0.2, 0) is 0 Å². The lowest BCUT2D eigenvalue weighted by Gasteiger charge is -2.20. The Morgan fingerprint density at radius 3 is 2.60 bits per heavy atom. The average Bonchev–Trinajstić information content (AvgIpc) is 2.25. The van der Waals surface area contributed by atoms with Gasteiger partial charge in [-0.05, 0) is 24.0 Å². The molecule has 15 heavy (non-hydrogen) atoms. The summed E-state index contributed by atoms with van der Waals surface area (Å²) >= 11 is 0. The van der Waals surface area contributed by atoms with Crippen LogP contribution in [0.15, 0.2) is 23.5 Å². The first-order valence-corrected chi connectivity index (χ1v) is 5.90. The standard InChI is InChI=1S/C13H22O2/c1-3-10(4-2)5-11-6-12(9-14)8-13(15)7-11/h6-7,10,12,14-15H,3-5,8-9H2,1-2H3. The smallest absolute Gasteiger partial charge is 0.0932 e. The van der Waals surface area contributed by atoms with Crippen molar-refractivity contribution in [2.75, 3.05) is 6.61 Å². The van der Waals surface area contributed by atoms with Crippen LogP contribution in [0.3, 0.4) is 0 Å². The molecule has 1 rings (SSSR count). The number of rotatable bonds is 5. The van der Waals surface area contributed by atoms with E-state index in [9.17, 15) is 5.11 Å². The molecule has 2 heteroatoms. The molecule has 0 aromatic rings. The van der Waals surface area contributed by atoms with Gasteiger partial charge in [-0.15, -0.1) is 0 Å². The van der Waals surface area contributed by atoms with E-state index in [1.54, 1.807) is 0 Å². The number of aliphatic hydroxyl groups excluding tert-OH is 2. The molecule has 1 aliphatic rings. The van der Waals surface area contributed by atoms with Crippen LogP contribution in [-0.4, -0.2) is 16.8 Å². The minimum absolute atomic E-state index is 0.111. The summed E-state index contributed by atoms with van der Waals surface area (Å²) in [7, 11) is 0. The molecule has 0 amide bonds. The van der Waals surface area contributed by atoms with Crippen molar-refractivity contribution in [3.63, 3.8) is 0 Å². The minimum Gasteiger partial charge on any atom is -0.512 e. The summed E-state index contributed by atoms with van der Waals surface area (Å²) in [6.07, 6.45) is 7.93. The van der Waals surface area contributed by atoms with Crippen molar-refractivity contribution in [1.82, 2.24) is 0 Å². The molecule has 0 heterocycles. The van der Waals surface area contributed by atoms with Gasteiger partial charge in [0.15, 0.2) is 0 Å². The quantitative estimate of drug-likeness (QED) is 0.731. The summed E-state index contributed by atoms with van der Waals surface area (Å²) in [4.78, 5) is 0. The van der Waals surface area contributed by atoms with E-state index in [0.29, 0.717) is 18.1 Å². The summed E-state index contributed by atoms with van der Waals surface area (Å²) in [5, 5.41) is 18.6. The lowest BCUT2D eigenvalue weighted by Crippen LogP contribution is -2.10. The Balaban J connectivity index is 2.63. The molecule has 0 fully saturated rings. The van der Waals surface area contributed by atoms with Crippen LogP contribution in [0, 0.1) is 11.8 Å². The van der Waals surface area contributed by atoms with Crippen molar-refractivity contribution in [2.45, 2.75) is 39.5 Å². The molecule has 1 atom stereocenters. The number of hydrogen-bond donors (Lipinski definition) is 2. The highest BCUT2D eigenvalue weighted by Crippen LogP contribution is 2.27. The topological polar surface area (TPSA) is 40.5 Å². The van der Waals surface area contributed by atoms with E-state index >= 15 is 0 Å². The molecule has 0 aliphatic heterocycles. The molecular formula is C13H22O2. The fourth-order valence-corrected chi connectivity index (χ4v) is 2.11. The van der Waals surface area contributed by atoms with Crippen molar-refractivity contribution < 1.29 is 10.2 Å². The first kappa shape index (κ1) is 12.3. The molecule has 1 unspecified atom stereocenters. The van der Waals surface area contributed by atoms with Crippen molar-refractivity contribution in [1.29, 1.82) is 0 Å². The second-order valence-electron chi connectivity index (χ2n) is 4.41. The third kappa shape index (κ3) is 3.71. The van der Waals surface area contributed by atoms with Crippen LogP contribution in [0.25, 0.3) is 0 Å². The van der Waals surface area contributed by atoms with Gasteiger partial charge < -0.3 is 10.2 Å². The van der Waals surface area contributed by atoms with E-state index in [-0.39, 0.29) is 12.5 Å². The largest absolute Gasteiger partial charge is 0.512 e. The van der Waals surface area contributed by atoms with Gasteiger partial charge in [-0.1, -0.05) is 32.8 Å². The zero-order chi connectivity index (χ0) is 11.3. The monoisotopic (exact) mass is 210 g/mol. The van der Waals surface area contributed by atoms with Crippen LogP contribution in [0.1, 0.15) is 39.5 Å². The van der Waals surface area contributed by atoms with E-state index in [4.69, 9.17) is 5.11 Å². The van der Waals surface area contributed by atoms with Gasteiger partial charge in [-0.2, -0.15) is 0 Å². The van der Waals surface area contributed by atoms with Gasteiger partial charge in [-0.3, -0.25) is 0 Å². The molecule has 0 spiro atoms. The van der Waals surface area contributed by atoms with E-state index in [1.165, 1.54) is 18.4 Å². The van der Waals surface area contributed by atoms with Gasteiger partial charge in [0.25, 0.3) is 0 Å². The minimum atomic E-state index is 0.111. The molecule has 2 N–H and O–H groups in total. The second-order valence-corrected chi connectivity index (χ2v) is 4.41. The molecular weight excluding hydrogens is 188 g/mol. The van der Waals surface area contributed by atoms with Crippen molar-refractivity contribution in [3.8, 4) is 0 Å².